The first kappa shape index (κ1) is 19.3. The number of rotatable bonds is 4. The van der Waals surface area contributed by atoms with E-state index < -0.39 is 0 Å². The van der Waals surface area contributed by atoms with E-state index in [1.165, 1.54) is 0 Å². The maximum Gasteiger partial charge on any atom is 0.330 e. The molecular weight excluding hydrogens is 364 g/mol. The number of aromatic nitrogens is 3. The molecule has 1 aliphatic heterocycles. The van der Waals surface area contributed by atoms with Crippen molar-refractivity contribution in [3.63, 3.8) is 0 Å². The molecule has 0 spiro atoms. The van der Waals surface area contributed by atoms with Crippen molar-refractivity contribution in [2.24, 2.45) is 13.0 Å². The molecule has 0 amide bonds. The van der Waals surface area contributed by atoms with E-state index >= 15 is 0 Å². The fourth-order valence-corrected chi connectivity index (χ4v) is 4.11. The number of hydrogen-bond acceptors (Lipinski definition) is 4. The van der Waals surface area contributed by atoms with E-state index in [4.69, 9.17) is 0 Å². The van der Waals surface area contributed by atoms with Crippen LogP contribution in [-0.2, 0) is 13.6 Å². The van der Waals surface area contributed by atoms with Crippen LogP contribution in [0, 0.1) is 12.8 Å². The zero-order valence-electron chi connectivity index (χ0n) is 17.4. The van der Waals surface area contributed by atoms with Crippen LogP contribution in [-0.4, -0.2) is 37.2 Å². The van der Waals surface area contributed by atoms with Crippen LogP contribution in [0.2, 0.25) is 0 Å². The monoisotopic (exact) mass is 392 g/mol. The third-order valence-electron chi connectivity index (χ3n) is 5.95. The minimum Gasteiger partial charge on any atom is -0.508 e. The highest BCUT2D eigenvalue weighted by Crippen LogP contribution is 2.27. The molecule has 0 bridgehead atoms. The van der Waals surface area contributed by atoms with Crippen LogP contribution in [0.3, 0.4) is 0 Å². The van der Waals surface area contributed by atoms with Crippen LogP contribution in [0.15, 0.2) is 47.5 Å². The van der Waals surface area contributed by atoms with Crippen molar-refractivity contribution >= 4 is 11.2 Å². The SMILES string of the molecule is C=C(Cn1c(=O)n(C)c2cc(-c3cc(C)cc(O)c3)cnc21)N1CCC(C)CC1. The van der Waals surface area contributed by atoms with E-state index in [1.54, 1.807) is 34.5 Å². The second kappa shape index (κ2) is 7.43. The van der Waals surface area contributed by atoms with Crippen LogP contribution >= 0.6 is 0 Å². The average Bonchev–Trinajstić information content (AvgIpc) is 2.92. The number of phenolic OH excluding ortho intramolecular Hbond substituents is 1. The molecule has 2 aromatic heterocycles. The van der Waals surface area contributed by atoms with Gasteiger partial charge in [0.05, 0.1) is 12.1 Å². The minimum absolute atomic E-state index is 0.0942. The van der Waals surface area contributed by atoms with Gasteiger partial charge in [0.1, 0.15) is 5.75 Å². The second-order valence-electron chi connectivity index (χ2n) is 8.29. The number of pyridine rings is 1. The molecule has 3 aromatic rings. The standard InChI is InChI=1S/C23H28N4O2/c1-15-5-7-26(8-6-15)17(3)14-27-22-21(25(4)23(27)29)12-19(13-24-22)18-9-16(2)10-20(28)11-18/h9-13,15,28H,3,5-8,14H2,1-2,4H3. The van der Waals surface area contributed by atoms with Gasteiger partial charge in [0.15, 0.2) is 5.65 Å². The lowest BCUT2D eigenvalue weighted by Crippen LogP contribution is -2.35. The number of benzene rings is 1. The van der Waals surface area contributed by atoms with Crippen LogP contribution in [0.4, 0.5) is 0 Å². The van der Waals surface area contributed by atoms with Gasteiger partial charge in [0, 0.05) is 37.6 Å². The van der Waals surface area contributed by atoms with Gasteiger partial charge in [-0.25, -0.2) is 9.78 Å². The Morgan fingerprint density at radius 3 is 2.62 bits per heavy atom. The summed E-state index contributed by atoms with van der Waals surface area (Å²) in [6.07, 6.45) is 4.08. The number of nitrogens with zero attached hydrogens (tertiary/aromatic N) is 4. The molecule has 6 heteroatoms. The first-order valence-electron chi connectivity index (χ1n) is 10.1. The highest BCUT2D eigenvalue weighted by molar-refractivity contribution is 5.79. The van der Waals surface area contributed by atoms with E-state index in [1.807, 2.05) is 19.1 Å². The van der Waals surface area contributed by atoms with Gasteiger partial charge in [-0.1, -0.05) is 19.6 Å². The fraction of sp³-hybridized carbons (Fsp3) is 0.391. The summed E-state index contributed by atoms with van der Waals surface area (Å²) in [5.41, 5.74) is 5.01. The van der Waals surface area contributed by atoms with E-state index in [0.717, 1.165) is 59.8 Å². The summed E-state index contributed by atoms with van der Waals surface area (Å²) in [5, 5.41) is 9.92. The summed E-state index contributed by atoms with van der Waals surface area (Å²) in [7, 11) is 1.77. The van der Waals surface area contributed by atoms with Crippen molar-refractivity contribution in [3.8, 4) is 16.9 Å². The minimum atomic E-state index is -0.0942. The van der Waals surface area contributed by atoms with Gasteiger partial charge in [-0.15, -0.1) is 0 Å². The molecule has 0 aliphatic carbocycles. The number of piperidine rings is 1. The molecule has 0 radical (unpaired) electrons. The molecule has 3 heterocycles. The summed E-state index contributed by atoms with van der Waals surface area (Å²) in [5.74, 6) is 0.971. The topological polar surface area (TPSA) is 63.3 Å². The Bertz CT molecular complexity index is 1110. The number of aromatic hydroxyl groups is 1. The molecule has 1 aliphatic rings. The largest absolute Gasteiger partial charge is 0.508 e. The van der Waals surface area contributed by atoms with Crippen molar-refractivity contribution in [1.82, 2.24) is 19.0 Å². The molecular formula is C23H28N4O2. The van der Waals surface area contributed by atoms with Crippen molar-refractivity contribution in [3.05, 3.63) is 58.8 Å². The molecule has 4 rings (SSSR count). The predicted molar refractivity (Wildman–Crippen MR) is 116 cm³/mol. The Kier molecular flexibility index (Phi) is 4.94. The summed E-state index contributed by atoms with van der Waals surface area (Å²) in [6.45, 7) is 10.9. The lowest BCUT2D eigenvalue weighted by molar-refractivity contribution is 0.229. The molecule has 0 saturated carbocycles. The quantitative estimate of drug-likeness (QED) is 0.736. The van der Waals surface area contributed by atoms with Gasteiger partial charge in [0.25, 0.3) is 0 Å². The molecule has 152 valence electrons. The van der Waals surface area contributed by atoms with E-state index in [2.05, 4.69) is 23.4 Å². The number of phenols is 1. The van der Waals surface area contributed by atoms with Crippen LogP contribution in [0.1, 0.15) is 25.3 Å². The number of allylic oxidation sites excluding steroid dienone is 1. The van der Waals surface area contributed by atoms with Gasteiger partial charge in [0.2, 0.25) is 0 Å². The summed E-state index contributed by atoms with van der Waals surface area (Å²) in [6, 6.07) is 7.38. The van der Waals surface area contributed by atoms with E-state index in [9.17, 15) is 9.90 Å². The van der Waals surface area contributed by atoms with E-state index in [0.29, 0.717) is 12.2 Å². The Morgan fingerprint density at radius 2 is 1.93 bits per heavy atom. The third-order valence-corrected chi connectivity index (χ3v) is 5.95. The molecule has 0 atom stereocenters. The van der Waals surface area contributed by atoms with Gasteiger partial charge < -0.3 is 10.0 Å². The summed E-state index contributed by atoms with van der Waals surface area (Å²) in [4.78, 5) is 19.8. The van der Waals surface area contributed by atoms with Gasteiger partial charge in [-0.3, -0.25) is 9.13 Å². The Morgan fingerprint density at radius 1 is 1.21 bits per heavy atom. The molecule has 1 saturated heterocycles. The maximum absolute atomic E-state index is 12.9. The molecule has 1 fully saturated rings. The summed E-state index contributed by atoms with van der Waals surface area (Å²) >= 11 is 0. The number of hydrogen-bond donors (Lipinski definition) is 1. The Labute approximate surface area is 170 Å². The second-order valence-corrected chi connectivity index (χ2v) is 8.29. The lowest BCUT2D eigenvalue weighted by Gasteiger charge is -2.33. The van der Waals surface area contributed by atoms with Gasteiger partial charge in [-0.2, -0.15) is 0 Å². The van der Waals surface area contributed by atoms with Gasteiger partial charge >= 0.3 is 5.69 Å². The van der Waals surface area contributed by atoms with Crippen LogP contribution in [0.25, 0.3) is 22.3 Å². The van der Waals surface area contributed by atoms with Crippen molar-refractivity contribution in [1.29, 1.82) is 0 Å². The smallest absolute Gasteiger partial charge is 0.330 e. The average molecular weight is 393 g/mol. The summed E-state index contributed by atoms with van der Waals surface area (Å²) < 4.78 is 3.33. The predicted octanol–water partition coefficient (Wildman–Crippen LogP) is 3.66. The zero-order chi connectivity index (χ0) is 20.7. The van der Waals surface area contributed by atoms with Crippen molar-refractivity contribution in [2.75, 3.05) is 13.1 Å². The van der Waals surface area contributed by atoms with E-state index in [-0.39, 0.29) is 11.4 Å². The molecule has 1 N–H and O–H groups in total. The molecule has 29 heavy (non-hydrogen) atoms. The molecule has 0 unspecified atom stereocenters. The first-order valence-corrected chi connectivity index (χ1v) is 10.1. The Hall–Kier alpha value is -3.02. The molecule has 6 nitrogen and oxygen atoms in total. The highest BCUT2D eigenvalue weighted by Gasteiger charge is 2.19. The van der Waals surface area contributed by atoms with Crippen molar-refractivity contribution in [2.45, 2.75) is 33.2 Å². The zero-order valence-corrected chi connectivity index (χ0v) is 17.4. The third kappa shape index (κ3) is 3.67. The molecule has 1 aromatic carbocycles. The normalized spacial score (nSPS) is 15.2. The highest BCUT2D eigenvalue weighted by atomic mass is 16.3. The van der Waals surface area contributed by atoms with Crippen LogP contribution in [0.5, 0.6) is 5.75 Å². The number of fused-ring (bicyclic) bond motifs is 1. The first-order chi connectivity index (χ1) is 13.8. The number of aryl methyl sites for hydroxylation is 2. The maximum atomic E-state index is 12.9. The van der Waals surface area contributed by atoms with Gasteiger partial charge in [-0.05, 0) is 55.0 Å². The van der Waals surface area contributed by atoms with Crippen molar-refractivity contribution < 1.29 is 5.11 Å². The number of imidazole rings is 1. The fourth-order valence-electron chi connectivity index (χ4n) is 4.11. The number of likely N-dealkylation sites (tertiary alicyclic amines) is 1. The van der Waals surface area contributed by atoms with Crippen LogP contribution < -0.4 is 5.69 Å². The lowest BCUT2D eigenvalue weighted by atomic mass is 9.99. The Balaban J connectivity index is 1.68.